The van der Waals surface area contributed by atoms with Gasteiger partial charge in [0.25, 0.3) is 5.91 Å². The Balaban J connectivity index is 1.90. The summed E-state index contributed by atoms with van der Waals surface area (Å²) >= 11 is 1.51. The van der Waals surface area contributed by atoms with E-state index in [0.717, 1.165) is 10.1 Å². The lowest BCUT2D eigenvalue weighted by Crippen LogP contribution is -2.11. The molecule has 0 radical (unpaired) electrons. The molecule has 0 fully saturated rings. The molecule has 3 rings (SSSR count). The zero-order valence-electron chi connectivity index (χ0n) is 10.9. The maximum Gasteiger partial charge on any atom is 0.335 e. The van der Waals surface area contributed by atoms with Crippen LogP contribution in [-0.2, 0) is 0 Å². The molecule has 0 saturated heterocycles. The van der Waals surface area contributed by atoms with Gasteiger partial charge in [0.1, 0.15) is 0 Å². The Kier molecular flexibility index (Phi) is 3.41. The molecule has 0 atom stereocenters. The van der Waals surface area contributed by atoms with Crippen molar-refractivity contribution in [3.8, 4) is 0 Å². The molecule has 0 bridgehead atoms. The van der Waals surface area contributed by atoms with E-state index in [0.29, 0.717) is 11.3 Å². The molecular weight excluding hydrogens is 286 g/mol. The third-order valence-electron chi connectivity index (χ3n) is 3.09. The molecule has 0 aliphatic carbocycles. The molecule has 3 aromatic rings. The van der Waals surface area contributed by atoms with Gasteiger partial charge in [-0.2, -0.15) is 0 Å². The zero-order valence-corrected chi connectivity index (χ0v) is 11.7. The molecule has 0 unspecified atom stereocenters. The van der Waals surface area contributed by atoms with Crippen molar-refractivity contribution in [2.24, 2.45) is 0 Å². The fourth-order valence-electron chi connectivity index (χ4n) is 2.08. The van der Waals surface area contributed by atoms with E-state index in [1.807, 2.05) is 24.3 Å². The van der Waals surface area contributed by atoms with Crippen molar-refractivity contribution in [2.75, 3.05) is 5.32 Å². The Morgan fingerprint density at radius 1 is 1.05 bits per heavy atom. The molecular formula is C16H11NO3S. The predicted octanol–water partition coefficient (Wildman–Crippen LogP) is 3.85. The number of hydrogen-bond acceptors (Lipinski definition) is 3. The summed E-state index contributed by atoms with van der Waals surface area (Å²) in [6, 6.07) is 13.9. The van der Waals surface area contributed by atoms with Gasteiger partial charge in [-0.15, -0.1) is 11.3 Å². The summed E-state index contributed by atoms with van der Waals surface area (Å²) in [7, 11) is 0. The fourth-order valence-corrected chi connectivity index (χ4v) is 3.02. The summed E-state index contributed by atoms with van der Waals surface area (Å²) < 4.78 is 1.04. The van der Waals surface area contributed by atoms with E-state index in [4.69, 9.17) is 5.11 Å². The van der Waals surface area contributed by atoms with Gasteiger partial charge in [-0.3, -0.25) is 4.79 Å². The highest BCUT2D eigenvalue weighted by Crippen LogP contribution is 2.26. The molecule has 0 aliphatic rings. The standard InChI is InChI=1S/C16H11NO3S/c18-15(13-9-21-14-7-2-1-6-12(13)14)17-11-5-3-4-10(8-11)16(19)20/h1-9H,(H,17,18)(H,19,20). The summed E-state index contributed by atoms with van der Waals surface area (Å²) in [6.07, 6.45) is 0. The molecule has 4 nitrogen and oxygen atoms in total. The van der Waals surface area contributed by atoms with Crippen LogP contribution in [0.15, 0.2) is 53.9 Å². The maximum atomic E-state index is 12.3. The van der Waals surface area contributed by atoms with Crippen molar-refractivity contribution in [1.29, 1.82) is 0 Å². The first-order chi connectivity index (χ1) is 10.1. The first-order valence-electron chi connectivity index (χ1n) is 6.26. The molecule has 104 valence electrons. The second kappa shape index (κ2) is 5.38. The van der Waals surface area contributed by atoms with Crippen LogP contribution in [0.4, 0.5) is 5.69 Å². The summed E-state index contributed by atoms with van der Waals surface area (Å²) in [5, 5.41) is 14.4. The minimum Gasteiger partial charge on any atom is -0.478 e. The average molecular weight is 297 g/mol. The molecule has 1 amide bonds. The van der Waals surface area contributed by atoms with Crippen LogP contribution in [0.5, 0.6) is 0 Å². The van der Waals surface area contributed by atoms with Gasteiger partial charge in [0.05, 0.1) is 11.1 Å². The van der Waals surface area contributed by atoms with Gasteiger partial charge in [-0.05, 0) is 24.3 Å². The number of fused-ring (bicyclic) bond motifs is 1. The van der Waals surface area contributed by atoms with Crippen molar-refractivity contribution in [3.05, 3.63) is 65.0 Å². The number of thiophene rings is 1. The molecule has 2 N–H and O–H groups in total. The topological polar surface area (TPSA) is 66.4 Å². The van der Waals surface area contributed by atoms with E-state index < -0.39 is 5.97 Å². The van der Waals surface area contributed by atoms with E-state index in [9.17, 15) is 9.59 Å². The Morgan fingerprint density at radius 3 is 2.67 bits per heavy atom. The van der Waals surface area contributed by atoms with Crippen LogP contribution in [0.25, 0.3) is 10.1 Å². The minimum absolute atomic E-state index is 0.142. The van der Waals surface area contributed by atoms with Crippen LogP contribution in [-0.4, -0.2) is 17.0 Å². The molecule has 0 aliphatic heterocycles. The van der Waals surface area contributed by atoms with Crippen molar-refractivity contribution in [2.45, 2.75) is 0 Å². The van der Waals surface area contributed by atoms with Crippen molar-refractivity contribution in [1.82, 2.24) is 0 Å². The van der Waals surface area contributed by atoms with Gasteiger partial charge >= 0.3 is 5.97 Å². The number of anilines is 1. The average Bonchev–Trinajstić information content (AvgIpc) is 2.91. The van der Waals surface area contributed by atoms with Gasteiger partial charge in [0.15, 0.2) is 0 Å². The van der Waals surface area contributed by atoms with Gasteiger partial charge in [-0.25, -0.2) is 4.79 Å². The van der Waals surface area contributed by atoms with Gasteiger partial charge in [0, 0.05) is 21.2 Å². The van der Waals surface area contributed by atoms with Crippen LogP contribution in [0.1, 0.15) is 20.7 Å². The Bertz CT molecular complexity index is 838. The number of aromatic carboxylic acids is 1. The molecule has 1 heterocycles. The molecule has 21 heavy (non-hydrogen) atoms. The zero-order chi connectivity index (χ0) is 14.8. The smallest absolute Gasteiger partial charge is 0.335 e. The largest absolute Gasteiger partial charge is 0.478 e. The van der Waals surface area contributed by atoms with Gasteiger partial charge < -0.3 is 10.4 Å². The monoisotopic (exact) mass is 297 g/mol. The highest BCUT2D eigenvalue weighted by atomic mass is 32.1. The van der Waals surface area contributed by atoms with Crippen molar-refractivity contribution in [3.63, 3.8) is 0 Å². The quantitative estimate of drug-likeness (QED) is 0.771. The molecule has 5 heteroatoms. The lowest BCUT2D eigenvalue weighted by Gasteiger charge is -2.05. The number of hydrogen-bond donors (Lipinski definition) is 2. The highest BCUT2D eigenvalue weighted by Gasteiger charge is 2.12. The number of amides is 1. The number of nitrogens with one attached hydrogen (secondary N) is 1. The maximum absolute atomic E-state index is 12.3. The Hall–Kier alpha value is -2.66. The van der Waals surface area contributed by atoms with Crippen LogP contribution in [0.2, 0.25) is 0 Å². The summed E-state index contributed by atoms with van der Waals surface area (Å²) in [4.78, 5) is 23.2. The molecule has 0 spiro atoms. The third-order valence-corrected chi connectivity index (χ3v) is 4.06. The first-order valence-corrected chi connectivity index (χ1v) is 7.14. The third kappa shape index (κ3) is 2.64. The van der Waals surface area contributed by atoms with E-state index in [1.165, 1.54) is 23.5 Å². The van der Waals surface area contributed by atoms with E-state index in [-0.39, 0.29) is 11.5 Å². The number of carboxylic acid groups (broad SMARTS) is 1. The number of carbonyl (C=O) groups excluding carboxylic acids is 1. The van der Waals surface area contributed by atoms with E-state index in [1.54, 1.807) is 17.5 Å². The van der Waals surface area contributed by atoms with Crippen LogP contribution in [0.3, 0.4) is 0 Å². The van der Waals surface area contributed by atoms with Crippen LogP contribution < -0.4 is 5.32 Å². The van der Waals surface area contributed by atoms with Gasteiger partial charge in [0.2, 0.25) is 0 Å². The fraction of sp³-hybridized carbons (Fsp3) is 0. The second-order valence-corrected chi connectivity index (χ2v) is 5.40. The number of rotatable bonds is 3. The Labute approximate surface area is 124 Å². The summed E-state index contributed by atoms with van der Waals surface area (Å²) in [6.45, 7) is 0. The lowest BCUT2D eigenvalue weighted by molar-refractivity contribution is 0.0696. The first kappa shape index (κ1) is 13.3. The lowest BCUT2D eigenvalue weighted by atomic mass is 10.1. The van der Waals surface area contributed by atoms with E-state index in [2.05, 4.69) is 5.32 Å². The van der Waals surface area contributed by atoms with Gasteiger partial charge in [-0.1, -0.05) is 24.3 Å². The molecule has 0 saturated carbocycles. The number of benzene rings is 2. The predicted molar refractivity (Wildman–Crippen MR) is 83.2 cm³/mol. The Morgan fingerprint density at radius 2 is 1.86 bits per heavy atom. The van der Waals surface area contributed by atoms with Crippen molar-refractivity contribution < 1.29 is 14.7 Å². The number of carboxylic acids is 1. The summed E-state index contributed by atoms with van der Waals surface area (Å²) in [5.74, 6) is -1.26. The van der Waals surface area contributed by atoms with Crippen LogP contribution >= 0.6 is 11.3 Å². The second-order valence-electron chi connectivity index (χ2n) is 4.49. The SMILES string of the molecule is O=C(O)c1cccc(NC(=O)c2csc3ccccc23)c1. The minimum atomic E-state index is -1.02. The molecule has 2 aromatic carbocycles. The summed E-state index contributed by atoms with van der Waals surface area (Å²) in [5.41, 5.74) is 1.20. The van der Waals surface area contributed by atoms with Crippen LogP contribution in [0, 0.1) is 0 Å². The van der Waals surface area contributed by atoms with Crippen molar-refractivity contribution >= 4 is 39.0 Å². The van der Waals surface area contributed by atoms with E-state index >= 15 is 0 Å². The number of carbonyl (C=O) groups is 2. The normalized spacial score (nSPS) is 10.5. The molecule has 1 aromatic heterocycles. The highest BCUT2D eigenvalue weighted by molar-refractivity contribution is 7.17.